The van der Waals surface area contributed by atoms with E-state index in [-0.39, 0.29) is 24.7 Å². The molecule has 1 aliphatic heterocycles. The average molecular weight is 553 g/mol. The number of rotatable bonds is 7. The highest BCUT2D eigenvalue weighted by Crippen LogP contribution is 2.33. The molecule has 2 N–H and O–H groups in total. The molecule has 0 atom stereocenters. The SMILES string of the molecule is CN(C)C(=O)c1ccc(C2CCN(Cc3cc4c(-c5ccc6[nH]c(=O)n(CCO)c6c5)ccnc4n3C)CC2)cc1. The molecule has 1 fully saturated rings. The van der Waals surface area contributed by atoms with Crippen molar-refractivity contribution in [1.29, 1.82) is 0 Å². The van der Waals surface area contributed by atoms with Crippen molar-refractivity contribution in [3.63, 3.8) is 0 Å². The number of aryl methyl sites for hydroxylation is 1. The first-order chi connectivity index (χ1) is 19.8. The normalized spacial score (nSPS) is 14.7. The number of hydrogen-bond acceptors (Lipinski definition) is 5. The number of piperidine rings is 1. The topological polar surface area (TPSA) is 99.4 Å². The first-order valence-electron chi connectivity index (χ1n) is 14.1. The lowest BCUT2D eigenvalue weighted by atomic mass is 9.89. The van der Waals surface area contributed by atoms with Crippen LogP contribution in [-0.2, 0) is 20.1 Å². The number of imidazole rings is 1. The smallest absolute Gasteiger partial charge is 0.326 e. The van der Waals surface area contributed by atoms with Crippen molar-refractivity contribution in [1.82, 2.24) is 28.9 Å². The molecule has 9 heteroatoms. The Morgan fingerprint density at radius 2 is 1.83 bits per heavy atom. The van der Waals surface area contributed by atoms with Crippen LogP contribution in [0.15, 0.2) is 65.6 Å². The fourth-order valence-corrected chi connectivity index (χ4v) is 6.13. The van der Waals surface area contributed by atoms with Crippen LogP contribution in [0.3, 0.4) is 0 Å². The van der Waals surface area contributed by atoms with E-state index in [4.69, 9.17) is 4.98 Å². The van der Waals surface area contributed by atoms with Gasteiger partial charge >= 0.3 is 5.69 Å². The Kier molecular flexibility index (Phi) is 7.23. The molecule has 1 saturated heterocycles. The van der Waals surface area contributed by atoms with Crippen molar-refractivity contribution in [2.75, 3.05) is 33.8 Å². The van der Waals surface area contributed by atoms with Crippen LogP contribution in [-0.4, -0.2) is 73.7 Å². The third-order valence-electron chi connectivity index (χ3n) is 8.45. The van der Waals surface area contributed by atoms with Crippen molar-refractivity contribution in [3.05, 3.63) is 88.1 Å². The van der Waals surface area contributed by atoms with Crippen LogP contribution in [0.5, 0.6) is 0 Å². The number of fused-ring (bicyclic) bond motifs is 2. The summed E-state index contributed by atoms with van der Waals surface area (Å²) in [6.45, 7) is 3.03. The number of aliphatic hydroxyl groups excluding tert-OH is 1. The van der Waals surface area contributed by atoms with Gasteiger partial charge in [0.2, 0.25) is 0 Å². The summed E-state index contributed by atoms with van der Waals surface area (Å²) in [4.78, 5) is 36.3. The molecule has 41 heavy (non-hydrogen) atoms. The molecule has 0 spiro atoms. The van der Waals surface area contributed by atoms with Gasteiger partial charge in [-0.05, 0) is 84.9 Å². The van der Waals surface area contributed by atoms with Gasteiger partial charge in [0, 0.05) is 50.5 Å². The number of aromatic nitrogens is 4. The van der Waals surface area contributed by atoms with Gasteiger partial charge in [0.25, 0.3) is 5.91 Å². The Labute approximate surface area is 238 Å². The Morgan fingerprint density at radius 3 is 2.54 bits per heavy atom. The highest BCUT2D eigenvalue weighted by molar-refractivity contribution is 5.96. The molecule has 212 valence electrons. The molecule has 6 rings (SSSR count). The Morgan fingerprint density at radius 1 is 1.07 bits per heavy atom. The van der Waals surface area contributed by atoms with E-state index < -0.39 is 0 Å². The van der Waals surface area contributed by atoms with Crippen molar-refractivity contribution >= 4 is 28.0 Å². The van der Waals surface area contributed by atoms with Gasteiger partial charge in [0.15, 0.2) is 0 Å². The largest absolute Gasteiger partial charge is 0.395 e. The average Bonchev–Trinajstić information content (AvgIpc) is 3.48. The van der Waals surface area contributed by atoms with E-state index in [1.165, 1.54) is 11.3 Å². The summed E-state index contributed by atoms with van der Waals surface area (Å²) in [7, 11) is 5.63. The lowest BCUT2D eigenvalue weighted by Crippen LogP contribution is -2.33. The van der Waals surface area contributed by atoms with Gasteiger partial charge in [-0.3, -0.25) is 14.3 Å². The molecule has 1 aliphatic rings. The Balaban J connectivity index is 1.20. The van der Waals surface area contributed by atoms with E-state index in [1.54, 1.807) is 23.6 Å². The van der Waals surface area contributed by atoms with Crippen molar-refractivity contribution in [3.8, 4) is 11.1 Å². The Hall–Kier alpha value is -4.21. The zero-order chi connectivity index (χ0) is 28.7. The van der Waals surface area contributed by atoms with Crippen molar-refractivity contribution < 1.29 is 9.90 Å². The number of likely N-dealkylation sites (tertiary alicyclic amines) is 1. The van der Waals surface area contributed by atoms with Crippen LogP contribution in [0.4, 0.5) is 0 Å². The predicted octanol–water partition coefficient (Wildman–Crippen LogP) is 3.96. The second-order valence-electron chi connectivity index (χ2n) is 11.2. The maximum atomic E-state index is 12.4. The summed E-state index contributed by atoms with van der Waals surface area (Å²) >= 11 is 0. The van der Waals surface area contributed by atoms with Crippen molar-refractivity contribution in [2.45, 2.75) is 31.8 Å². The molecule has 2 aromatic carbocycles. The van der Waals surface area contributed by atoms with Gasteiger partial charge in [-0.25, -0.2) is 9.78 Å². The van der Waals surface area contributed by atoms with Crippen LogP contribution in [0, 0.1) is 0 Å². The standard InChI is InChI=1S/C32H36N6O3/c1-35(2)31(40)23-6-4-21(5-7-23)22-11-14-37(15-12-22)20-25-19-27-26(10-13-33-30(27)36(25)3)24-8-9-28-29(18-24)38(16-17-39)32(41)34-28/h4-10,13,18-19,22,39H,11-12,14-17,20H2,1-3H3,(H,34,41). The van der Waals surface area contributed by atoms with E-state index in [2.05, 4.69) is 39.7 Å². The lowest BCUT2D eigenvalue weighted by molar-refractivity contribution is 0.0827. The summed E-state index contributed by atoms with van der Waals surface area (Å²) in [5.41, 5.74) is 7.58. The van der Waals surface area contributed by atoms with E-state index in [0.717, 1.165) is 71.2 Å². The van der Waals surface area contributed by atoms with Gasteiger partial charge in [0.05, 0.1) is 24.2 Å². The number of pyridine rings is 1. The molecule has 0 aliphatic carbocycles. The highest BCUT2D eigenvalue weighted by atomic mass is 16.3. The number of nitrogens with zero attached hydrogens (tertiary/aromatic N) is 5. The van der Waals surface area contributed by atoms with E-state index >= 15 is 0 Å². The quantitative estimate of drug-likeness (QED) is 0.319. The maximum absolute atomic E-state index is 12.4. The summed E-state index contributed by atoms with van der Waals surface area (Å²) in [5.74, 6) is 0.535. The van der Waals surface area contributed by atoms with Crippen LogP contribution in [0.25, 0.3) is 33.2 Å². The van der Waals surface area contributed by atoms with Gasteiger partial charge in [-0.2, -0.15) is 0 Å². The number of carbonyl (C=O) groups is 1. The zero-order valence-corrected chi connectivity index (χ0v) is 23.8. The van der Waals surface area contributed by atoms with Crippen LogP contribution >= 0.6 is 0 Å². The molecule has 0 unspecified atom stereocenters. The van der Waals surface area contributed by atoms with Gasteiger partial charge in [-0.1, -0.05) is 18.2 Å². The molecule has 4 heterocycles. The number of aliphatic hydroxyl groups is 1. The first kappa shape index (κ1) is 27.0. The monoisotopic (exact) mass is 552 g/mol. The molecular weight excluding hydrogens is 516 g/mol. The van der Waals surface area contributed by atoms with E-state index in [1.807, 2.05) is 42.6 Å². The predicted molar refractivity (Wildman–Crippen MR) is 161 cm³/mol. The van der Waals surface area contributed by atoms with Gasteiger partial charge in [-0.15, -0.1) is 0 Å². The van der Waals surface area contributed by atoms with Gasteiger partial charge in [0.1, 0.15) is 5.65 Å². The minimum Gasteiger partial charge on any atom is -0.395 e. The minimum absolute atomic E-state index is 0.0333. The fourth-order valence-electron chi connectivity index (χ4n) is 6.13. The molecule has 0 radical (unpaired) electrons. The summed E-state index contributed by atoms with van der Waals surface area (Å²) in [6, 6.07) is 18.4. The van der Waals surface area contributed by atoms with E-state index in [9.17, 15) is 14.7 Å². The second kappa shape index (κ2) is 11.0. The maximum Gasteiger partial charge on any atom is 0.326 e. The number of H-pyrrole nitrogens is 1. The second-order valence-corrected chi connectivity index (χ2v) is 11.2. The van der Waals surface area contributed by atoms with Crippen molar-refractivity contribution in [2.24, 2.45) is 7.05 Å². The molecule has 3 aromatic heterocycles. The van der Waals surface area contributed by atoms with Crippen LogP contribution < -0.4 is 5.69 Å². The number of amides is 1. The number of nitrogens with one attached hydrogen (secondary N) is 1. The minimum atomic E-state index is -0.215. The highest BCUT2D eigenvalue weighted by Gasteiger charge is 2.23. The van der Waals surface area contributed by atoms with E-state index in [0.29, 0.717) is 5.92 Å². The Bertz CT molecular complexity index is 1770. The van der Waals surface area contributed by atoms with Crippen LogP contribution in [0.1, 0.15) is 40.4 Å². The number of hydrogen-bond donors (Lipinski definition) is 2. The lowest BCUT2D eigenvalue weighted by Gasteiger charge is -2.32. The number of benzene rings is 2. The molecule has 9 nitrogen and oxygen atoms in total. The fraction of sp³-hybridized carbons (Fsp3) is 0.344. The third kappa shape index (κ3) is 5.07. The number of carbonyl (C=O) groups excluding carboxylic acids is 1. The molecule has 0 saturated carbocycles. The summed E-state index contributed by atoms with van der Waals surface area (Å²) in [6.07, 6.45) is 4.01. The zero-order valence-electron chi connectivity index (χ0n) is 23.8. The van der Waals surface area contributed by atoms with Crippen LogP contribution in [0.2, 0.25) is 0 Å². The third-order valence-corrected chi connectivity index (χ3v) is 8.45. The number of aromatic amines is 1. The molecule has 0 bridgehead atoms. The summed E-state index contributed by atoms with van der Waals surface area (Å²) in [5, 5.41) is 10.5. The summed E-state index contributed by atoms with van der Waals surface area (Å²) < 4.78 is 3.76. The van der Waals surface area contributed by atoms with Gasteiger partial charge < -0.3 is 19.6 Å². The molecule has 5 aromatic rings. The molecular formula is C32H36N6O3. The first-order valence-corrected chi connectivity index (χ1v) is 14.1. The molecule has 1 amide bonds.